The third-order valence-corrected chi connectivity index (χ3v) is 8.94. The van der Waals surface area contributed by atoms with Gasteiger partial charge in [-0.25, -0.2) is 9.97 Å². The Morgan fingerprint density at radius 2 is 1.77 bits per heavy atom. The highest BCUT2D eigenvalue weighted by atomic mass is 35.5. The lowest BCUT2D eigenvalue weighted by Gasteiger charge is -2.39. The molecule has 2 fully saturated rings. The summed E-state index contributed by atoms with van der Waals surface area (Å²) in [5.41, 5.74) is 2.95. The lowest BCUT2D eigenvalue weighted by Crippen LogP contribution is -2.50. The van der Waals surface area contributed by atoms with Gasteiger partial charge in [0.25, 0.3) is 5.91 Å². The summed E-state index contributed by atoms with van der Waals surface area (Å²) in [6, 6.07) is 11.9. The molecular weight excluding hydrogens is 512 g/mol. The van der Waals surface area contributed by atoms with Gasteiger partial charge in [-0.1, -0.05) is 29.8 Å². The predicted octanol–water partition coefficient (Wildman–Crippen LogP) is 4.71. The number of aromatic nitrogens is 3. The third-order valence-electron chi connectivity index (χ3n) is 8.74. The van der Waals surface area contributed by atoms with Crippen molar-refractivity contribution in [3.05, 3.63) is 76.8 Å². The molecule has 8 nitrogen and oxygen atoms in total. The molecule has 4 heterocycles. The molecule has 0 radical (unpaired) electrons. The zero-order chi connectivity index (χ0) is 27.0. The predicted molar refractivity (Wildman–Crippen MR) is 151 cm³/mol. The second-order valence-corrected chi connectivity index (χ2v) is 11.5. The molecule has 0 bridgehead atoms. The van der Waals surface area contributed by atoms with Crippen molar-refractivity contribution in [1.29, 1.82) is 0 Å². The molecule has 1 saturated carbocycles. The summed E-state index contributed by atoms with van der Waals surface area (Å²) in [6.45, 7) is 4.05. The van der Waals surface area contributed by atoms with E-state index in [0.717, 1.165) is 75.4 Å². The summed E-state index contributed by atoms with van der Waals surface area (Å²) in [7, 11) is 0. The molecule has 6 rings (SSSR count). The molecule has 0 unspecified atom stereocenters. The first kappa shape index (κ1) is 25.7. The molecule has 2 aliphatic heterocycles. The van der Waals surface area contributed by atoms with Crippen LogP contribution in [0, 0.1) is 12.8 Å². The van der Waals surface area contributed by atoms with Gasteiger partial charge in [0.2, 0.25) is 11.9 Å². The Bertz CT molecular complexity index is 1370. The second kappa shape index (κ2) is 10.6. The van der Waals surface area contributed by atoms with E-state index in [1.807, 2.05) is 19.1 Å². The first-order valence-corrected chi connectivity index (χ1v) is 14.2. The highest BCUT2D eigenvalue weighted by molar-refractivity contribution is 6.30. The lowest BCUT2D eigenvalue weighted by atomic mass is 9.73. The molecule has 1 saturated heterocycles. The van der Waals surface area contributed by atoms with E-state index < -0.39 is 5.41 Å². The molecule has 2 aromatic heterocycles. The van der Waals surface area contributed by atoms with E-state index in [1.165, 1.54) is 0 Å². The topological polar surface area (TPSA) is 91.3 Å². The van der Waals surface area contributed by atoms with E-state index in [0.29, 0.717) is 22.2 Å². The first-order chi connectivity index (χ1) is 18.9. The maximum Gasteiger partial charge on any atom is 0.253 e. The largest absolute Gasteiger partial charge is 0.349 e. The van der Waals surface area contributed by atoms with E-state index in [-0.39, 0.29) is 17.9 Å². The summed E-state index contributed by atoms with van der Waals surface area (Å²) in [5.74, 6) is 1.24. The van der Waals surface area contributed by atoms with Gasteiger partial charge in [-0.05, 0) is 75.1 Å². The van der Waals surface area contributed by atoms with Crippen molar-refractivity contribution in [3.63, 3.8) is 0 Å². The second-order valence-electron chi connectivity index (χ2n) is 11.0. The average molecular weight is 545 g/mol. The molecule has 39 heavy (non-hydrogen) atoms. The molecule has 1 aromatic carbocycles. The number of hydrogen-bond donors (Lipinski definition) is 1. The van der Waals surface area contributed by atoms with Crippen LogP contribution >= 0.6 is 11.6 Å². The zero-order valence-corrected chi connectivity index (χ0v) is 22.9. The molecule has 202 valence electrons. The number of halogens is 1. The van der Waals surface area contributed by atoms with Crippen molar-refractivity contribution >= 4 is 35.1 Å². The van der Waals surface area contributed by atoms with Crippen LogP contribution in [0.25, 0.3) is 0 Å². The van der Waals surface area contributed by atoms with Crippen molar-refractivity contribution in [2.75, 3.05) is 29.4 Å². The number of amides is 2. The Hall–Kier alpha value is -3.52. The summed E-state index contributed by atoms with van der Waals surface area (Å²) in [5, 5.41) is 3.63. The van der Waals surface area contributed by atoms with Gasteiger partial charge in [0.05, 0.1) is 21.7 Å². The van der Waals surface area contributed by atoms with Gasteiger partial charge in [0.1, 0.15) is 0 Å². The average Bonchev–Trinajstić information content (AvgIpc) is 3.19. The number of carbonyl (C=O) groups excluding carboxylic acids is 2. The van der Waals surface area contributed by atoms with E-state index in [2.05, 4.69) is 48.3 Å². The summed E-state index contributed by atoms with van der Waals surface area (Å²) < 4.78 is 0. The Kier molecular flexibility index (Phi) is 6.97. The molecule has 3 aliphatic rings. The normalized spacial score (nSPS) is 22.2. The van der Waals surface area contributed by atoms with Crippen LogP contribution in [0.5, 0.6) is 0 Å². The number of rotatable bonds is 5. The molecule has 0 atom stereocenters. The van der Waals surface area contributed by atoms with Crippen molar-refractivity contribution in [3.8, 4) is 0 Å². The first-order valence-electron chi connectivity index (χ1n) is 13.8. The number of carbonyl (C=O) groups is 2. The van der Waals surface area contributed by atoms with Gasteiger partial charge in [-0.15, -0.1) is 0 Å². The van der Waals surface area contributed by atoms with Crippen LogP contribution in [0.2, 0.25) is 5.02 Å². The van der Waals surface area contributed by atoms with Crippen LogP contribution in [0.3, 0.4) is 0 Å². The summed E-state index contributed by atoms with van der Waals surface area (Å²) in [6.07, 6.45) is 10.3. The molecular formula is C30H33ClN6O2. The zero-order valence-electron chi connectivity index (χ0n) is 22.1. The van der Waals surface area contributed by atoms with Gasteiger partial charge in [0.15, 0.2) is 0 Å². The van der Waals surface area contributed by atoms with Gasteiger partial charge in [-0.2, -0.15) is 0 Å². The van der Waals surface area contributed by atoms with Crippen molar-refractivity contribution in [2.24, 2.45) is 5.92 Å². The van der Waals surface area contributed by atoms with Crippen molar-refractivity contribution in [1.82, 2.24) is 20.3 Å². The standard InChI is InChI=1S/C30H33ClN6O2/c1-20-24(17-22(31)18-34-20)27(38)35-23-9-7-21(8-10-23)19-37-26-6-3-2-5-25(26)30(28(37)39)11-15-36(16-12-30)29-32-13-4-14-33-29/h2-6,13-14,17-18,21,23H,7-12,15-16,19H2,1H3,(H,35,38)/t21-,23-. The Balaban J connectivity index is 1.10. The monoisotopic (exact) mass is 544 g/mol. The van der Waals surface area contributed by atoms with Gasteiger partial charge < -0.3 is 15.1 Å². The Morgan fingerprint density at radius 1 is 1.05 bits per heavy atom. The number of pyridine rings is 1. The fraction of sp³-hybridized carbons (Fsp3) is 0.433. The van der Waals surface area contributed by atoms with Gasteiger partial charge in [-0.3, -0.25) is 14.6 Å². The highest BCUT2D eigenvalue weighted by Crippen LogP contribution is 2.48. The summed E-state index contributed by atoms with van der Waals surface area (Å²) >= 11 is 6.06. The smallest absolute Gasteiger partial charge is 0.253 e. The van der Waals surface area contributed by atoms with E-state index in [9.17, 15) is 9.59 Å². The fourth-order valence-electron chi connectivity index (χ4n) is 6.55. The number of nitrogens with one attached hydrogen (secondary N) is 1. The van der Waals surface area contributed by atoms with Gasteiger partial charge in [0, 0.05) is 50.0 Å². The number of piperidine rings is 1. The Morgan fingerprint density at radius 3 is 2.51 bits per heavy atom. The summed E-state index contributed by atoms with van der Waals surface area (Å²) in [4.78, 5) is 44.2. The fourth-order valence-corrected chi connectivity index (χ4v) is 6.71. The Labute approximate surface area is 233 Å². The highest BCUT2D eigenvalue weighted by Gasteiger charge is 2.52. The van der Waals surface area contributed by atoms with Crippen molar-refractivity contribution < 1.29 is 9.59 Å². The molecule has 1 N–H and O–H groups in total. The lowest BCUT2D eigenvalue weighted by molar-refractivity contribution is -0.124. The number of para-hydroxylation sites is 1. The maximum absolute atomic E-state index is 14.1. The molecule has 1 aliphatic carbocycles. The molecule has 9 heteroatoms. The van der Waals surface area contributed by atoms with Crippen LogP contribution in [-0.2, 0) is 10.2 Å². The SMILES string of the molecule is Cc1ncc(Cl)cc1C(=O)N[C@H]1CC[C@H](CN2C(=O)C3(CCN(c4ncccn4)CC3)c3ccccc32)CC1. The van der Waals surface area contributed by atoms with Crippen LogP contribution < -0.4 is 15.1 Å². The number of fused-ring (bicyclic) bond motifs is 2. The van der Waals surface area contributed by atoms with Crippen LogP contribution in [0.15, 0.2) is 55.0 Å². The quantitative estimate of drug-likeness (QED) is 0.500. The number of anilines is 2. The van der Waals surface area contributed by atoms with Crippen LogP contribution in [0.4, 0.5) is 11.6 Å². The molecule has 2 amide bonds. The number of hydrogen-bond acceptors (Lipinski definition) is 6. The number of aryl methyl sites for hydroxylation is 1. The minimum Gasteiger partial charge on any atom is -0.349 e. The minimum atomic E-state index is -0.476. The van der Waals surface area contributed by atoms with E-state index in [4.69, 9.17) is 11.6 Å². The van der Waals surface area contributed by atoms with Gasteiger partial charge >= 0.3 is 0 Å². The van der Waals surface area contributed by atoms with Crippen LogP contribution in [-0.4, -0.2) is 52.4 Å². The molecule has 1 spiro atoms. The van der Waals surface area contributed by atoms with Crippen molar-refractivity contribution in [2.45, 2.75) is 56.9 Å². The number of nitrogens with zero attached hydrogens (tertiary/aromatic N) is 5. The van der Waals surface area contributed by atoms with E-state index >= 15 is 0 Å². The van der Waals surface area contributed by atoms with Crippen LogP contribution in [0.1, 0.15) is 60.1 Å². The minimum absolute atomic E-state index is 0.115. The molecule has 3 aromatic rings. The van der Waals surface area contributed by atoms with E-state index in [1.54, 1.807) is 24.7 Å². The number of benzene rings is 1. The third kappa shape index (κ3) is 4.86. The maximum atomic E-state index is 14.1.